The third-order valence-electron chi connectivity index (χ3n) is 4.36. The standard InChI is InChI=1S/C17H34O2/c1-8-10-15-18-13(12-17(6,7)9-2)11-14(19-15)16(3,4)5/h13-15H,8-12H2,1-7H3. The van der Waals surface area contributed by atoms with Gasteiger partial charge in [0.25, 0.3) is 0 Å². The smallest absolute Gasteiger partial charge is 0.158 e. The Morgan fingerprint density at radius 1 is 1.00 bits per heavy atom. The zero-order valence-corrected chi connectivity index (χ0v) is 14.1. The summed E-state index contributed by atoms with van der Waals surface area (Å²) in [5, 5.41) is 0. The van der Waals surface area contributed by atoms with Gasteiger partial charge in [-0.25, -0.2) is 0 Å². The molecule has 3 atom stereocenters. The van der Waals surface area contributed by atoms with Crippen molar-refractivity contribution in [1.82, 2.24) is 0 Å². The minimum Gasteiger partial charge on any atom is -0.349 e. The van der Waals surface area contributed by atoms with Crippen molar-refractivity contribution in [2.24, 2.45) is 10.8 Å². The lowest BCUT2D eigenvalue weighted by Crippen LogP contribution is -2.45. The lowest BCUT2D eigenvalue weighted by Gasteiger charge is -2.43. The Kier molecular flexibility index (Phi) is 5.88. The SMILES string of the molecule is CCCC1OC(CC(C)(C)CC)CC(C(C)(C)C)O1. The van der Waals surface area contributed by atoms with Crippen LogP contribution in [0.2, 0.25) is 0 Å². The number of hydrogen-bond acceptors (Lipinski definition) is 2. The van der Waals surface area contributed by atoms with Crippen LogP contribution in [0.5, 0.6) is 0 Å². The predicted octanol–water partition coefficient (Wildman–Crippen LogP) is 5.16. The molecule has 0 radical (unpaired) electrons. The van der Waals surface area contributed by atoms with Crippen LogP contribution in [0.1, 0.15) is 80.6 Å². The van der Waals surface area contributed by atoms with Crippen LogP contribution in [-0.2, 0) is 9.47 Å². The summed E-state index contributed by atoms with van der Waals surface area (Å²) in [5.74, 6) is 0. The minimum absolute atomic E-state index is 0.000584. The Bertz CT molecular complexity index is 265. The van der Waals surface area contributed by atoms with Crippen LogP contribution in [0, 0.1) is 10.8 Å². The molecule has 0 N–H and O–H groups in total. The van der Waals surface area contributed by atoms with Gasteiger partial charge in [0.15, 0.2) is 6.29 Å². The third-order valence-corrected chi connectivity index (χ3v) is 4.36. The summed E-state index contributed by atoms with van der Waals surface area (Å²) in [5.41, 5.74) is 0.561. The van der Waals surface area contributed by atoms with Gasteiger partial charge in [-0.1, -0.05) is 61.3 Å². The van der Waals surface area contributed by atoms with Crippen molar-refractivity contribution in [3.63, 3.8) is 0 Å². The van der Waals surface area contributed by atoms with Crippen molar-refractivity contribution < 1.29 is 9.47 Å². The second-order valence-electron chi connectivity index (χ2n) is 7.92. The molecule has 0 aromatic rings. The van der Waals surface area contributed by atoms with E-state index in [0.717, 1.165) is 25.7 Å². The van der Waals surface area contributed by atoms with Gasteiger partial charge in [-0.3, -0.25) is 0 Å². The minimum atomic E-state index is 0.000584. The summed E-state index contributed by atoms with van der Waals surface area (Å²) in [7, 11) is 0. The normalized spacial score (nSPS) is 29.5. The fourth-order valence-corrected chi connectivity index (χ4v) is 2.60. The maximum Gasteiger partial charge on any atom is 0.158 e. The molecule has 2 nitrogen and oxygen atoms in total. The Balaban J connectivity index is 2.70. The summed E-state index contributed by atoms with van der Waals surface area (Å²) in [6, 6.07) is 0. The number of rotatable bonds is 5. The highest BCUT2D eigenvalue weighted by Gasteiger charge is 2.38. The molecule has 1 saturated heterocycles. The van der Waals surface area contributed by atoms with E-state index in [0.29, 0.717) is 17.6 Å². The van der Waals surface area contributed by atoms with E-state index in [1.165, 1.54) is 6.42 Å². The van der Waals surface area contributed by atoms with Crippen LogP contribution in [-0.4, -0.2) is 18.5 Å². The Morgan fingerprint density at radius 3 is 2.11 bits per heavy atom. The summed E-state index contributed by atoms with van der Waals surface area (Å²) in [6.07, 6.45) is 6.17. The Hall–Kier alpha value is -0.0800. The first-order chi connectivity index (χ1) is 8.68. The van der Waals surface area contributed by atoms with Crippen LogP contribution in [0.15, 0.2) is 0 Å². The van der Waals surface area contributed by atoms with E-state index < -0.39 is 0 Å². The first kappa shape index (κ1) is 17.0. The molecular formula is C17H34O2. The molecular weight excluding hydrogens is 236 g/mol. The van der Waals surface area contributed by atoms with E-state index in [4.69, 9.17) is 9.47 Å². The monoisotopic (exact) mass is 270 g/mol. The van der Waals surface area contributed by atoms with Crippen molar-refractivity contribution in [3.05, 3.63) is 0 Å². The second-order valence-corrected chi connectivity index (χ2v) is 7.92. The molecule has 2 heteroatoms. The second kappa shape index (κ2) is 6.58. The van der Waals surface area contributed by atoms with Gasteiger partial charge in [0.2, 0.25) is 0 Å². The van der Waals surface area contributed by atoms with Crippen LogP contribution >= 0.6 is 0 Å². The Morgan fingerprint density at radius 2 is 1.63 bits per heavy atom. The average molecular weight is 270 g/mol. The first-order valence-electron chi connectivity index (χ1n) is 7.99. The molecule has 0 aromatic carbocycles. The Labute approximate surface area is 120 Å². The lowest BCUT2D eigenvalue weighted by atomic mass is 9.79. The predicted molar refractivity (Wildman–Crippen MR) is 81.2 cm³/mol. The molecule has 1 aliphatic rings. The fourth-order valence-electron chi connectivity index (χ4n) is 2.60. The maximum atomic E-state index is 6.17. The van der Waals surface area contributed by atoms with Crippen molar-refractivity contribution in [3.8, 4) is 0 Å². The molecule has 0 saturated carbocycles. The van der Waals surface area contributed by atoms with Gasteiger partial charge in [0.1, 0.15) is 0 Å². The molecule has 1 aliphatic heterocycles. The van der Waals surface area contributed by atoms with E-state index in [1.807, 2.05) is 0 Å². The molecule has 114 valence electrons. The van der Waals surface area contributed by atoms with E-state index >= 15 is 0 Å². The van der Waals surface area contributed by atoms with E-state index in [9.17, 15) is 0 Å². The topological polar surface area (TPSA) is 18.5 Å². The van der Waals surface area contributed by atoms with Crippen molar-refractivity contribution >= 4 is 0 Å². The van der Waals surface area contributed by atoms with E-state index in [-0.39, 0.29) is 11.7 Å². The van der Waals surface area contributed by atoms with Crippen molar-refractivity contribution in [2.75, 3.05) is 0 Å². The van der Waals surface area contributed by atoms with Gasteiger partial charge >= 0.3 is 0 Å². The van der Waals surface area contributed by atoms with Gasteiger partial charge < -0.3 is 9.47 Å². The van der Waals surface area contributed by atoms with Crippen molar-refractivity contribution in [2.45, 2.75) is 99.1 Å². The lowest BCUT2D eigenvalue weighted by molar-refractivity contribution is -0.268. The quantitative estimate of drug-likeness (QED) is 0.687. The molecule has 1 fully saturated rings. The third kappa shape index (κ3) is 5.43. The van der Waals surface area contributed by atoms with Crippen LogP contribution in [0.3, 0.4) is 0 Å². The summed E-state index contributed by atoms with van der Waals surface area (Å²) in [4.78, 5) is 0. The van der Waals surface area contributed by atoms with Gasteiger partial charge in [0.05, 0.1) is 12.2 Å². The summed E-state index contributed by atoms with van der Waals surface area (Å²) < 4.78 is 12.3. The van der Waals surface area contributed by atoms with Crippen LogP contribution in [0.25, 0.3) is 0 Å². The summed E-state index contributed by atoms with van der Waals surface area (Å²) >= 11 is 0. The largest absolute Gasteiger partial charge is 0.349 e. The summed E-state index contributed by atoms with van der Waals surface area (Å²) in [6.45, 7) is 16.0. The molecule has 0 amide bonds. The fraction of sp³-hybridized carbons (Fsp3) is 1.00. The molecule has 0 spiro atoms. The highest BCUT2D eigenvalue weighted by atomic mass is 16.7. The molecule has 1 rings (SSSR count). The number of hydrogen-bond donors (Lipinski definition) is 0. The highest BCUT2D eigenvalue weighted by Crippen LogP contribution is 2.37. The molecule has 0 bridgehead atoms. The van der Waals surface area contributed by atoms with E-state index in [1.54, 1.807) is 0 Å². The van der Waals surface area contributed by atoms with Gasteiger partial charge in [-0.2, -0.15) is 0 Å². The average Bonchev–Trinajstić information content (AvgIpc) is 2.27. The van der Waals surface area contributed by atoms with Crippen LogP contribution < -0.4 is 0 Å². The number of ether oxygens (including phenoxy) is 2. The molecule has 3 unspecified atom stereocenters. The van der Waals surface area contributed by atoms with Crippen LogP contribution in [0.4, 0.5) is 0 Å². The first-order valence-corrected chi connectivity index (χ1v) is 7.99. The van der Waals surface area contributed by atoms with Crippen molar-refractivity contribution in [1.29, 1.82) is 0 Å². The van der Waals surface area contributed by atoms with Gasteiger partial charge in [-0.15, -0.1) is 0 Å². The molecule has 0 aromatic heterocycles. The zero-order valence-electron chi connectivity index (χ0n) is 14.1. The highest BCUT2D eigenvalue weighted by molar-refractivity contribution is 4.84. The van der Waals surface area contributed by atoms with Gasteiger partial charge in [-0.05, 0) is 23.7 Å². The van der Waals surface area contributed by atoms with E-state index in [2.05, 4.69) is 48.5 Å². The maximum absolute atomic E-state index is 6.17. The van der Waals surface area contributed by atoms with Gasteiger partial charge in [0, 0.05) is 6.42 Å². The molecule has 19 heavy (non-hydrogen) atoms. The zero-order chi connectivity index (χ0) is 14.7. The molecule has 1 heterocycles. The molecule has 0 aliphatic carbocycles.